The topological polar surface area (TPSA) is 55.8 Å². The number of aliphatic hydroxyl groups is 1. The second-order valence-corrected chi connectivity index (χ2v) is 6.24. The Morgan fingerprint density at radius 2 is 2.09 bits per heavy atom. The SMILES string of the molecule is CCOC(=O)C(C)(C)Oc1ccc(-c2cccs2)cc1CO. The fourth-order valence-electron chi connectivity index (χ4n) is 2.02. The molecule has 4 nitrogen and oxygen atoms in total. The van der Waals surface area contributed by atoms with Crippen LogP contribution in [-0.4, -0.2) is 23.3 Å². The maximum Gasteiger partial charge on any atom is 0.349 e. The summed E-state index contributed by atoms with van der Waals surface area (Å²) in [5, 5.41) is 11.6. The van der Waals surface area contributed by atoms with Gasteiger partial charge in [0.05, 0.1) is 13.2 Å². The number of ether oxygens (including phenoxy) is 2. The van der Waals surface area contributed by atoms with Gasteiger partial charge >= 0.3 is 5.97 Å². The minimum absolute atomic E-state index is 0.159. The molecule has 0 amide bonds. The Labute approximate surface area is 134 Å². The lowest BCUT2D eigenvalue weighted by molar-refractivity contribution is -0.158. The Balaban J connectivity index is 2.26. The number of carbonyl (C=O) groups is 1. The van der Waals surface area contributed by atoms with Gasteiger partial charge in [-0.1, -0.05) is 6.07 Å². The van der Waals surface area contributed by atoms with Crippen LogP contribution in [0.4, 0.5) is 0 Å². The minimum atomic E-state index is -1.11. The molecule has 0 radical (unpaired) electrons. The molecule has 1 heterocycles. The summed E-state index contributed by atoms with van der Waals surface area (Å²) in [5.41, 5.74) is 0.549. The van der Waals surface area contributed by atoms with Gasteiger partial charge in [-0.3, -0.25) is 0 Å². The summed E-state index contributed by atoms with van der Waals surface area (Å²) >= 11 is 1.63. The molecule has 0 fully saturated rings. The third kappa shape index (κ3) is 3.67. The Morgan fingerprint density at radius 1 is 1.32 bits per heavy atom. The largest absolute Gasteiger partial charge is 0.476 e. The number of carbonyl (C=O) groups excluding carboxylic acids is 1. The molecule has 0 saturated carbocycles. The Hall–Kier alpha value is -1.85. The van der Waals surface area contributed by atoms with Gasteiger partial charge in [0.1, 0.15) is 5.75 Å². The van der Waals surface area contributed by atoms with Gasteiger partial charge in [0.2, 0.25) is 0 Å². The maximum atomic E-state index is 11.9. The van der Waals surface area contributed by atoms with Gasteiger partial charge in [-0.2, -0.15) is 0 Å². The van der Waals surface area contributed by atoms with E-state index < -0.39 is 11.6 Å². The molecule has 0 saturated heterocycles. The molecule has 5 heteroatoms. The van der Waals surface area contributed by atoms with Crippen molar-refractivity contribution in [1.29, 1.82) is 0 Å². The van der Waals surface area contributed by atoms with Crippen LogP contribution in [0, 0.1) is 0 Å². The second-order valence-electron chi connectivity index (χ2n) is 5.29. The Bertz CT molecular complexity index is 632. The monoisotopic (exact) mass is 320 g/mol. The van der Waals surface area contributed by atoms with Crippen LogP contribution < -0.4 is 4.74 Å². The highest BCUT2D eigenvalue weighted by Gasteiger charge is 2.32. The number of hydrogen-bond acceptors (Lipinski definition) is 5. The van der Waals surface area contributed by atoms with Crippen molar-refractivity contribution in [3.8, 4) is 16.2 Å². The molecule has 0 spiro atoms. The van der Waals surface area contributed by atoms with Crippen LogP contribution in [-0.2, 0) is 16.1 Å². The molecule has 0 aliphatic heterocycles. The molecular weight excluding hydrogens is 300 g/mol. The van der Waals surface area contributed by atoms with E-state index in [0.717, 1.165) is 10.4 Å². The third-order valence-corrected chi connectivity index (χ3v) is 4.09. The van der Waals surface area contributed by atoms with Crippen molar-refractivity contribution < 1.29 is 19.4 Å². The first-order chi connectivity index (χ1) is 10.5. The number of benzene rings is 1. The lowest BCUT2D eigenvalue weighted by Crippen LogP contribution is -2.40. The van der Waals surface area contributed by atoms with Crippen molar-refractivity contribution in [2.45, 2.75) is 33.0 Å². The smallest absolute Gasteiger partial charge is 0.349 e. The summed E-state index contributed by atoms with van der Waals surface area (Å²) in [5.74, 6) is 0.0575. The summed E-state index contributed by atoms with van der Waals surface area (Å²) in [6.45, 7) is 5.20. The molecular formula is C17H20O4S. The van der Waals surface area contributed by atoms with E-state index in [0.29, 0.717) is 17.9 Å². The molecule has 0 aliphatic carbocycles. The normalized spacial score (nSPS) is 11.3. The Kier molecular flexibility index (Phi) is 5.21. The van der Waals surface area contributed by atoms with Crippen molar-refractivity contribution in [3.63, 3.8) is 0 Å². The van der Waals surface area contributed by atoms with E-state index in [2.05, 4.69) is 0 Å². The van der Waals surface area contributed by atoms with Crippen molar-refractivity contribution in [2.75, 3.05) is 6.61 Å². The average Bonchev–Trinajstić information content (AvgIpc) is 3.02. The highest BCUT2D eigenvalue weighted by Crippen LogP contribution is 2.31. The predicted molar refractivity (Wildman–Crippen MR) is 87.0 cm³/mol. The molecule has 1 aromatic carbocycles. The first-order valence-electron chi connectivity index (χ1n) is 7.12. The molecule has 118 valence electrons. The molecule has 1 N–H and O–H groups in total. The van der Waals surface area contributed by atoms with Gasteiger partial charge in [-0.05, 0) is 56.0 Å². The standard InChI is InChI=1S/C17H20O4S/c1-4-20-16(19)17(2,3)21-14-8-7-12(10-13(14)11-18)15-6-5-9-22-15/h5-10,18H,4,11H2,1-3H3. The van der Waals surface area contributed by atoms with E-state index in [1.807, 2.05) is 29.6 Å². The van der Waals surface area contributed by atoms with Crippen LogP contribution in [0.5, 0.6) is 5.75 Å². The summed E-state index contributed by atoms with van der Waals surface area (Å²) < 4.78 is 10.8. The van der Waals surface area contributed by atoms with Gasteiger partial charge in [-0.15, -0.1) is 11.3 Å². The van der Waals surface area contributed by atoms with Gasteiger partial charge < -0.3 is 14.6 Å². The molecule has 2 aromatic rings. The molecule has 0 unspecified atom stereocenters. The number of aliphatic hydroxyl groups excluding tert-OH is 1. The number of esters is 1. The van der Waals surface area contributed by atoms with Crippen LogP contribution in [0.3, 0.4) is 0 Å². The molecule has 0 aliphatic rings. The summed E-state index contributed by atoms with van der Waals surface area (Å²) in [4.78, 5) is 13.0. The Morgan fingerprint density at radius 3 is 2.68 bits per heavy atom. The number of thiophene rings is 1. The van der Waals surface area contributed by atoms with E-state index in [1.54, 1.807) is 38.2 Å². The van der Waals surface area contributed by atoms with Crippen LogP contribution in [0.1, 0.15) is 26.3 Å². The zero-order valence-electron chi connectivity index (χ0n) is 13.0. The van der Waals surface area contributed by atoms with Crippen molar-refractivity contribution in [3.05, 3.63) is 41.3 Å². The minimum Gasteiger partial charge on any atom is -0.476 e. The predicted octanol–water partition coefficient (Wildman–Crippen LogP) is 3.63. The average molecular weight is 320 g/mol. The number of rotatable bonds is 6. The lowest BCUT2D eigenvalue weighted by Gasteiger charge is -2.25. The van der Waals surface area contributed by atoms with Crippen molar-refractivity contribution >= 4 is 17.3 Å². The third-order valence-electron chi connectivity index (χ3n) is 3.17. The molecule has 0 atom stereocenters. The first-order valence-corrected chi connectivity index (χ1v) is 7.99. The van der Waals surface area contributed by atoms with E-state index >= 15 is 0 Å². The van der Waals surface area contributed by atoms with E-state index in [-0.39, 0.29) is 6.61 Å². The molecule has 0 bridgehead atoms. The summed E-state index contributed by atoms with van der Waals surface area (Å²) in [6.07, 6.45) is 0. The fraction of sp³-hybridized carbons (Fsp3) is 0.353. The van der Waals surface area contributed by atoms with E-state index in [1.165, 1.54) is 0 Å². The highest BCUT2D eigenvalue weighted by atomic mass is 32.1. The highest BCUT2D eigenvalue weighted by molar-refractivity contribution is 7.13. The van der Waals surface area contributed by atoms with Crippen LogP contribution >= 0.6 is 11.3 Å². The summed E-state index contributed by atoms with van der Waals surface area (Å²) in [6, 6.07) is 9.57. The zero-order valence-corrected chi connectivity index (χ0v) is 13.8. The van der Waals surface area contributed by atoms with Gasteiger partial charge in [0.25, 0.3) is 0 Å². The lowest BCUT2D eigenvalue weighted by atomic mass is 10.1. The zero-order chi connectivity index (χ0) is 16.2. The van der Waals surface area contributed by atoms with Crippen molar-refractivity contribution in [1.82, 2.24) is 0 Å². The second kappa shape index (κ2) is 6.94. The van der Waals surface area contributed by atoms with Gasteiger partial charge in [0, 0.05) is 10.4 Å². The van der Waals surface area contributed by atoms with Gasteiger partial charge in [-0.25, -0.2) is 4.79 Å². The van der Waals surface area contributed by atoms with Crippen LogP contribution in [0.2, 0.25) is 0 Å². The van der Waals surface area contributed by atoms with Gasteiger partial charge in [0.15, 0.2) is 5.60 Å². The van der Waals surface area contributed by atoms with Crippen molar-refractivity contribution in [2.24, 2.45) is 0 Å². The van der Waals surface area contributed by atoms with E-state index in [9.17, 15) is 9.90 Å². The molecule has 22 heavy (non-hydrogen) atoms. The summed E-state index contributed by atoms with van der Waals surface area (Å²) in [7, 11) is 0. The fourth-order valence-corrected chi connectivity index (χ4v) is 2.74. The van der Waals surface area contributed by atoms with Crippen LogP contribution in [0.25, 0.3) is 10.4 Å². The molecule has 2 rings (SSSR count). The molecule has 1 aromatic heterocycles. The first kappa shape index (κ1) is 16.5. The maximum absolute atomic E-state index is 11.9. The quantitative estimate of drug-likeness (QED) is 0.826. The van der Waals surface area contributed by atoms with Crippen LogP contribution in [0.15, 0.2) is 35.7 Å². The van der Waals surface area contributed by atoms with E-state index in [4.69, 9.17) is 9.47 Å². The number of hydrogen-bond donors (Lipinski definition) is 1.